The van der Waals surface area contributed by atoms with E-state index in [9.17, 15) is 10.4 Å². The SMILES string of the molecule is C[C@]1(O)N2[C@@H]3C4OC5[C@@H]3C1(C#N)[C@@H]5[C@@H]42. The van der Waals surface area contributed by atoms with Crippen LogP contribution in [0.25, 0.3) is 0 Å². The van der Waals surface area contributed by atoms with E-state index in [0.717, 1.165) is 0 Å². The zero-order chi connectivity index (χ0) is 9.46. The summed E-state index contributed by atoms with van der Waals surface area (Å²) in [5.74, 6) is 0.588. The molecule has 0 radical (unpaired) electrons. The van der Waals surface area contributed by atoms with Crippen LogP contribution in [0.3, 0.4) is 0 Å². The molecule has 6 fully saturated rings. The lowest BCUT2D eigenvalue weighted by Crippen LogP contribution is -2.74. The molecule has 5 aliphatic heterocycles. The normalized spacial score (nSPS) is 80.1. The quantitative estimate of drug-likeness (QED) is 0.548. The van der Waals surface area contributed by atoms with E-state index in [-0.39, 0.29) is 0 Å². The number of ether oxygens (including phenoxy) is 1. The summed E-state index contributed by atoms with van der Waals surface area (Å²) in [7, 11) is 0. The van der Waals surface area contributed by atoms with Crippen LogP contribution in [0.5, 0.6) is 0 Å². The number of piperidine rings is 2. The van der Waals surface area contributed by atoms with Crippen molar-refractivity contribution >= 4 is 0 Å². The summed E-state index contributed by atoms with van der Waals surface area (Å²) in [5, 5.41) is 19.8. The van der Waals surface area contributed by atoms with E-state index in [4.69, 9.17) is 4.74 Å². The minimum absolute atomic E-state index is 0.292. The first kappa shape index (κ1) is 6.78. The largest absolute Gasteiger partial charge is 0.374 e. The van der Waals surface area contributed by atoms with Crippen molar-refractivity contribution < 1.29 is 9.84 Å². The van der Waals surface area contributed by atoms with Gasteiger partial charge in [0.25, 0.3) is 0 Å². The summed E-state index contributed by atoms with van der Waals surface area (Å²) in [4.78, 5) is 2.14. The molecule has 0 aromatic carbocycles. The van der Waals surface area contributed by atoms with E-state index in [1.807, 2.05) is 6.92 Å². The second-order valence-electron chi connectivity index (χ2n) is 5.51. The van der Waals surface area contributed by atoms with Gasteiger partial charge in [-0.25, -0.2) is 0 Å². The molecule has 5 atom stereocenters. The van der Waals surface area contributed by atoms with E-state index in [1.54, 1.807) is 0 Å². The summed E-state index contributed by atoms with van der Waals surface area (Å²) < 4.78 is 5.81. The van der Waals surface area contributed by atoms with Crippen LogP contribution in [0.15, 0.2) is 0 Å². The average molecular weight is 190 g/mol. The Kier molecular flexibility index (Phi) is 0.656. The first-order chi connectivity index (χ1) is 6.66. The highest BCUT2D eigenvalue weighted by Gasteiger charge is 2.97. The lowest BCUT2D eigenvalue weighted by molar-refractivity contribution is -0.181. The number of hydrogen-bond acceptors (Lipinski definition) is 4. The van der Waals surface area contributed by atoms with Crippen LogP contribution in [0.1, 0.15) is 6.92 Å². The smallest absolute Gasteiger partial charge is 0.135 e. The molecule has 5 heterocycles. The molecule has 14 heavy (non-hydrogen) atoms. The number of rotatable bonds is 0. The van der Waals surface area contributed by atoms with Gasteiger partial charge < -0.3 is 9.84 Å². The van der Waals surface area contributed by atoms with Crippen LogP contribution in [0.2, 0.25) is 0 Å². The Bertz CT molecular complexity index is 406. The molecule has 4 bridgehead atoms. The lowest BCUT2D eigenvalue weighted by Gasteiger charge is -2.58. The molecule has 6 aliphatic rings. The fourth-order valence-corrected chi connectivity index (χ4v) is 5.34. The standard InChI is InChI=1S/C10H10N2O2/c1-9(13)10(2-11)3-5-8-6(12(5)9)4(10)7(3)14-8/h3-8,13H,1H3/t3-,4-,5+,6+,7?,8?,9-,10?/m1/s1. The van der Waals surface area contributed by atoms with Crippen LogP contribution in [-0.4, -0.2) is 40.0 Å². The number of hydrogen-bond donors (Lipinski definition) is 1. The van der Waals surface area contributed by atoms with Gasteiger partial charge in [0.1, 0.15) is 11.1 Å². The van der Waals surface area contributed by atoms with Gasteiger partial charge in [0.2, 0.25) is 0 Å². The molecule has 1 aliphatic carbocycles. The van der Waals surface area contributed by atoms with Gasteiger partial charge in [-0.1, -0.05) is 0 Å². The molecule has 1 N–H and O–H groups in total. The Morgan fingerprint density at radius 2 is 2.00 bits per heavy atom. The highest BCUT2D eigenvalue weighted by molar-refractivity contribution is 5.48. The third-order valence-corrected chi connectivity index (χ3v) is 5.60. The third-order valence-electron chi connectivity index (χ3n) is 5.60. The molecule has 72 valence electrons. The Balaban J connectivity index is 1.87. The molecule has 4 nitrogen and oxygen atoms in total. The fraction of sp³-hybridized carbons (Fsp3) is 0.900. The van der Waals surface area contributed by atoms with Crippen molar-refractivity contribution in [2.45, 2.75) is 36.9 Å². The summed E-state index contributed by atoms with van der Waals surface area (Å²) in [6.45, 7) is 1.81. The Labute approximate surface area is 81.1 Å². The maximum absolute atomic E-state index is 10.4. The molecular formula is C10H10N2O2. The van der Waals surface area contributed by atoms with Crippen LogP contribution >= 0.6 is 0 Å². The zero-order valence-corrected chi connectivity index (χ0v) is 7.71. The van der Waals surface area contributed by atoms with Crippen molar-refractivity contribution in [2.75, 3.05) is 0 Å². The average Bonchev–Trinajstić information content (AvgIpc) is 2.60. The van der Waals surface area contributed by atoms with Crippen molar-refractivity contribution in [3.05, 3.63) is 0 Å². The molecule has 0 unspecified atom stereocenters. The van der Waals surface area contributed by atoms with Gasteiger partial charge in [0.15, 0.2) is 0 Å². The van der Waals surface area contributed by atoms with E-state index >= 15 is 0 Å². The second kappa shape index (κ2) is 1.35. The monoisotopic (exact) mass is 190 g/mol. The van der Waals surface area contributed by atoms with Gasteiger partial charge in [-0.3, -0.25) is 4.90 Å². The van der Waals surface area contributed by atoms with Gasteiger partial charge in [0.05, 0.1) is 18.3 Å². The first-order valence-corrected chi connectivity index (χ1v) is 5.24. The minimum atomic E-state index is -0.886. The molecule has 0 aromatic heterocycles. The molecule has 0 spiro atoms. The molecular weight excluding hydrogens is 180 g/mol. The Hall–Kier alpha value is -0.630. The summed E-state index contributed by atoms with van der Waals surface area (Å²) in [6, 6.07) is 3.11. The van der Waals surface area contributed by atoms with Gasteiger partial charge in [-0.15, -0.1) is 0 Å². The van der Waals surface area contributed by atoms with Gasteiger partial charge >= 0.3 is 0 Å². The van der Waals surface area contributed by atoms with Gasteiger partial charge in [-0.2, -0.15) is 5.26 Å². The highest BCUT2D eigenvalue weighted by Crippen LogP contribution is 2.83. The molecule has 0 amide bonds. The van der Waals surface area contributed by atoms with Gasteiger partial charge in [0, 0.05) is 23.9 Å². The summed E-state index contributed by atoms with van der Waals surface area (Å²) in [6.07, 6.45) is 0.630. The zero-order valence-electron chi connectivity index (χ0n) is 7.71. The highest BCUT2D eigenvalue weighted by atomic mass is 16.5. The molecule has 1 saturated carbocycles. The predicted octanol–water partition coefficient (Wildman–Crippen LogP) is -0.702. The van der Waals surface area contributed by atoms with Crippen molar-refractivity contribution in [1.82, 2.24) is 4.90 Å². The van der Waals surface area contributed by atoms with Crippen LogP contribution < -0.4 is 0 Å². The van der Waals surface area contributed by atoms with E-state index in [1.165, 1.54) is 0 Å². The third kappa shape index (κ3) is 0.286. The lowest BCUT2D eigenvalue weighted by atomic mass is 9.44. The first-order valence-electron chi connectivity index (χ1n) is 5.24. The van der Waals surface area contributed by atoms with Gasteiger partial charge in [-0.05, 0) is 6.92 Å². The van der Waals surface area contributed by atoms with Crippen molar-refractivity contribution in [3.8, 4) is 6.07 Å². The predicted molar refractivity (Wildman–Crippen MR) is 43.7 cm³/mol. The van der Waals surface area contributed by atoms with Crippen LogP contribution in [-0.2, 0) is 4.74 Å². The minimum Gasteiger partial charge on any atom is -0.374 e. The molecule has 6 rings (SSSR count). The Morgan fingerprint density at radius 1 is 1.36 bits per heavy atom. The Morgan fingerprint density at radius 3 is 2.57 bits per heavy atom. The number of aliphatic hydroxyl groups is 1. The van der Waals surface area contributed by atoms with E-state index in [0.29, 0.717) is 36.1 Å². The van der Waals surface area contributed by atoms with Crippen molar-refractivity contribution in [2.24, 2.45) is 17.3 Å². The summed E-state index contributed by atoms with van der Waals surface area (Å²) in [5.41, 5.74) is -1.39. The molecule has 5 saturated heterocycles. The van der Waals surface area contributed by atoms with Crippen LogP contribution in [0.4, 0.5) is 0 Å². The van der Waals surface area contributed by atoms with Crippen LogP contribution in [0, 0.1) is 28.6 Å². The van der Waals surface area contributed by atoms with Crippen molar-refractivity contribution in [1.29, 1.82) is 5.26 Å². The van der Waals surface area contributed by atoms with E-state index < -0.39 is 11.1 Å². The second-order valence-corrected chi connectivity index (χ2v) is 5.51. The maximum Gasteiger partial charge on any atom is 0.135 e. The molecule has 0 aromatic rings. The van der Waals surface area contributed by atoms with E-state index in [2.05, 4.69) is 11.0 Å². The number of nitriles is 1. The maximum atomic E-state index is 10.4. The molecule has 4 heteroatoms. The van der Waals surface area contributed by atoms with Crippen molar-refractivity contribution in [3.63, 3.8) is 0 Å². The summed E-state index contributed by atoms with van der Waals surface area (Å²) >= 11 is 0. The topological polar surface area (TPSA) is 56.5 Å². The fourth-order valence-electron chi connectivity index (χ4n) is 5.34. The number of nitrogens with zero attached hydrogens (tertiary/aromatic N) is 2.